The lowest BCUT2D eigenvalue weighted by Crippen LogP contribution is -2.19. The van der Waals surface area contributed by atoms with Gasteiger partial charge in [-0.15, -0.1) is 11.3 Å². The van der Waals surface area contributed by atoms with Crippen LogP contribution in [0.2, 0.25) is 0 Å². The topological polar surface area (TPSA) is 40.5 Å². The zero-order chi connectivity index (χ0) is 13.2. The molecule has 0 spiro atoms. The Balaban J connectivity index is 1.65. The van der Waals surface area contributed by atoms with E-state index in [-0.39, 0.29) is 0 Å². The van der Waals surface area contributed by atoms with E-state index in [9.17, 15) is 4.79 Å². The minimum Gasteiger partial charge on any atom is -0.478 e. The van der Waals surface area contributed by atoms with Gasteiger partial charge in [0.2, 0.25) is 0 Å². The summed E-state index contributed by atoms with van der Waals surface area (Å²) in [6.07, 6.45) is 1.07. The van der Waals surface area contributed by atoms with E-state index in [2.05, 4.69) is 22.4 Å². The van der Waals surface area contributed by atoms with Crippen molar-refractivity contribution in [2.24, 2.45) is 0 Å². The van der Waals surface area contributed by atoms with E-state index in [0.29, 0.717) is 5.56 Å². The van der Waals surface area contributed by atoms with E-state index in [1.807, 2.05) is 12.1 Å². The first-order chi connectivity index (χ1) is 9.22. The molecule has 3 rings (SSSR count). The van der Waals surface area contributed by atoms with Crippen LogP contribution in [0.3, 0.4) is 0 Å². The van der Waals surface area contributed by atoms with Crippen LogP contribution in [-0.4, -0.2) is 22.5 Å². The predicted molar refractivity (Wildman–Crippen MR) is 75.5 cm³/mol. The second-order valence-corrected chi connectivity index (χ2v) is 5.86. The van der Waals surface area contributed by atoms with Gasteiger partial charge < -0.3 is 5.11 Å². The number of rotatable bonds is 4. The second kappa shape index (κ2) is 5.15. The number of nitrogens with zero attached hydrogens (tertiary/aromatic N) is 1. The van der Waals surface area contributed by atoms with Crippen molar-refractivity contribution in [2.45, 2.75) is 19.5 Å². The summed E-state index contributed by atoms with van der Waals surface area (Å²) in [5.41, 5.74) is 2.81. The molecule has 0 radical (unpaired) electrons. The van der Waals surface area contributed by atoms with E-state index < -0.39 is 5.97 Å². The molecular weight excluding hydrogens is 258 g/mol. The Kier molecular flexibility index (Phi) is 3.36. The quantitative estimate of drug-likeness (QED) is 0.931. The lowest BCUT2D eigenvalue weighted by Gasteiger charge is -2.13. The summed E-state index contributed by atoms with van der Waals surface area (Å²) >= 11 is 1.79. The molecule has 1 aromatic carbocycles. The largest absolute Gasteiger partial charge is 0.478 e. The molecule has 2 heterocycles. The molecule has 0 aliphatic carbocycles. The molecule has 1 aliphatic heterocycles. The van der Waals surface area contributed by atoms with Crippen LogP contribution < -0.4 is 0 Å². The first-order valence-corrected chi connectivity index (χ1v) is 7.20. The number of fused-ring (bicyclic) bond motifs is 1. The summed E-state index contributed by atoms with van der Waals surface area (Å²) in [6, 6.07) is 9.70. The van der Waals surface area contributed by atoms with Crippen molar-refractivity contribution in [3.63, 3.8) is 0 Å². The maximum absolute atomic E-state index is 11.0. The first-order valence-electron chi connectivity index (χ1n) is 6.32. The van der Waals surface area contributed by atoms with Gasteiger partial charge in [0.25, 0.3) is 0 Å². The van der Waals surface area contributed by atoms with Crippen LogP contribution in [0.5, 0.6) is 0 Å². The fourth-order valence-corrected chi connectivity index (χ4v) is 3.18. The van der Waals surface area contributed by atoms with Gasteiger partial charge in [0, 0.05) is 24.5 Å². The Morgan fingerprint density at radius 2 is 2.11 bits per heavy atom. The number of carboxylic acid groups (broad SMARTS) is 1. The van der Waals surface area contributed by atoms with Crippen LogP contribution >= 0.6 is 11.3 Å². The Morgan fingerprint density at radius 3 is 2.84 bits per heavy atom. The maximum Gasteiger partial charge on any atom is 0.335 e. The number of benzene rings is 1. The van der Waals surface area contributed by atoms with Gasteiger partial charge in [-0.3, -0.25) is 4.90 Å². The normalized spacial score (nSPS) is 14.5. The van der Waals surface area contributed by atoms with E-state index in [1.54, 1.807) is 17.4 Å². The molecule has 0 unspecified atom stereocenters. The van der Waals surface area contributed by atoms with Gasteiger partial charge >= 0.3 is 5.97 Å². The number of carbonyl (C=O) groups is 1. The van der Waals surface area contributed by atoms with Crippen LogP contribution in [-0.2, 0) is 19.5 Å². The van der Waals surface area contributed by atoms with Gasteiger partial charge in [-0.25, -0.2) is 4.79 Å². The lowest BCUT2D eigenvalue weighted by molar-refractivity contribution is 0.0696. The summed E-state index contributed by atoms with van der Waals surface area (Å²) in [4.78, 5) is 14.7. The van der Waals surface area contributed by atoms with Crippen LogP contribution in [0.1, 0.15) is 26.4 Å². The molecule has 1 N–H and O–H groups in total. The summed E-state index contributed by atoms with van der Waals surface area (Å²) in [5.74, 6) is -0.847. The lowest BCUT2D eigenvalue weighted by atomic mass is 10.1. The molecule has 0 atom stereocenters. The van der Waals surface area contributed by atoms with Crippen LogP contribution in [0.25, 0.3) is 0 Å². The van der Waals surface area contributed by atoms with Crippen molar-refractivity contribution in [2.75, 3.05) is 6.54 Å². The van der Waals surface area contributed by atoms with Crippen molar-refractivity contribution in [1.29, 1.82) is 0 Å². The highest BCUT2D eigenvalue weighted by Gasteiger charge is 2.19. The first kappa shape index (κ1) is 12.4. The van der Waals surface area contributed by atoms with Gasteiger partial charge in [-0.05, 0) is 41.1 Å². The van der Waals surface area contributed by atoms with Gasteiger partial charge in [0.05, 0.1) is 5.56 Å². The van der Waals surface area contributed by atoms with Crippen molar-refractivity contribution >= 4 is 17.3 Å². The van der Waals surface area contributed by atoms with E-state index in [0.717, 1.165) is 31.6 Å². The number of hydrogen-bond acceptors (Lipinski definition) is 3. The van der Waals surface area contributed by atoms with Gasteiger partial charge in [0.1, 0.15) is 0 Å². The molecule has 2 aromatic rings. The summed E-state index contributed by atoms with van der Waals surface area (Å²) in [7, 11) is 0. The Labute approximate surface area is 116 Å². The van der Waals surface area contributed by atoms with Crippen LogP contribution in [0.4, 0.5) is 0 Å². The Morgan fingerprint density at radius 1 is 1.26 bits per heavy atom. The van der Waals surface area contributed by atoms with E-state index in [4.69, 9.17) is 5.11 Å². The minimum atomic E-state index is -0.847. The second-order valence-electron chi connectivity index (χ2n) is 4.83. The molecule has 1 aliphatic rings. The zero-order valence-corrected chi connectivity index (χ0v) is 11.3. The van der Waals surface area contributed by atoms with Crippen molar-refractivity contribution < 1.29 is 9.90 Å². The molecule has 0 bridgehead atoms. The molecule has 98 valence electrons. The molecule has 0 saturated heterocycles. The Hall–Kier alpha value is -1.65. The molecule has 4 heteroatoms. The standard InChI is InChI=1S/C15H15NO2S/c17-15(18)11-3-4-12-9-16(10-13(12)8-11)6-5-14-2-1-7-19-14/h1-4,7-8H,5-6,9-10H2,(H,17,18). The third kappa shape index (κ3) is 2.69. The number of carboxylic acids is 1. The molecule has 1 aromatic heterocycles. The molecular formula is C15H15NO2S. The van der Waals surface area contributed by atoms with Gasteiger partial charge in [-0.1, -0.05) is 12.1 Å². The van der Waals surface area contributed by atoms with Crippen molar-refractivity contribution in [3.05, 3.63) is 57.3 Å². The SMILES string of the molecule is O=C(O)c1ccc2c(c1)CN(CCc1cccs1)C2. The van der Waals surface area contributed by atoms with Crippen LogP contribution in [0.15, 0.2) is 35.7 Å². The average Bonchev–Trinajstić information content (AvgIpc) is 3.04. The molecule has 0 fully saturated rings. The highest BCUT2D eigenvalue weighted by atomic mass is 32.1. The molecule has 0 saturated carbocycles. The highest BCUT2D eigenvalue weighted by Crippen LogP contribution is 2.24. The molecule has 0 amide bonds. The Bertz CT molecular complexity index is 592. The number of thiophene rings is 1. The number of aromatic carboxylic acids is 1. The summed E-state index contributed by atoms with van der Waals surface area (Å²) in [6.45, 7) is 2.82. The fourth-order valence-electron chi connectivity index (χ4n) is 2.48. The predicted octanol–water partition coefficient (Wildman–Crippen LogP) is 3.00. The number of hydrogen-bond donors (Lipinski definition) is 1. The third-order valence-corrected chi connectivity index (χ3v) is 4.43. The van der Waals surface area contributed by atoms with Crippen molar-refractivity contribution in [3.8, 4) is 0 Å². The van der Waals surface area contributed by atoms with E-state index in [1.165, 1.54) is 10.4 Å². The average molecular weight is 273 g/mol. The smallest absolute Gasteiger partial charge is 0.335 e. The van der Waals surface area contributed by atoms with Crippen LogP contribution in [0, 0.1) is 0 Å². The summed E-state index contributed by atoms with van der Waals surface area (Å²) in [5, 5.41) is 11.1. The molecule has 19 heavy (non-hydrogen) atoms. The van der Waals surface area contributed by atoms with Crippen molar-refractivity contribution in [1.82, 2.24) is 4.90 Å². The maximum atomic E-state index is 11.0. The fraction of sp³-hybridized carbons (Fsp3) is 0.267. The minimum absolute atomic E-state index is 0.388. The van der Waals surface area contributed by atoms with Gasteiger partial charge in [-0.2, -0.15) is 0 Å². The zero-order valence-electron chi connectivity index (χ0n) is 10.5. The van der Waals surface area contributed by atoms with E-state index >= 15 is 0 Å². The highest BCUT2D eigenvalue weighted by molar-refractivity contribution is 7.09. The summed E-state index contributed by atoms with van der Waals surface area (Å²) < 4.78 is 0. The monoisotopic (exact) mass is 273 g/mol. The third-order valence-electron chi connectivity index (χ3n) is 3.50. The molecule has 3 nitrogen and oxygen atoms in total. The van der Waals surface area contributed by atoms with Gasteiger partial charge in [0.15, 0.2) is 0 Å².